The Morgan fingerprint density at radius 1 is 0.741 bits per heavy atom. The number of rotatable bonds is 15. The molecule has 4 aromatic rings. The van der Waals surface area contributed by atoms with Gasteiger partial charge in [0.1, 0.15) is 23.7 Å². The fraction of sp³-hybridized carbons (Fsp3) is 0.524. The predicted octanol–water partition coefficient (Wildman–Crippen LogP) is 2.61. The maximum atomic E-state index is 15.4. The molecule has 2 saturated heterocycles. The molecule has 16 heteroatoms. The number of H-pyrrole nitrogens is 2. The predicted molar refractivity (Wildman–Crippen MR) is 217 cm³/mol. The lowest BCUT2D eigenvalue weighted by Gasteiger charge is -2.29. The Bertz CT molecular complexity index is 2160. The number of β-amino-alcohol motifs (C(OH)–C–C–N with tert-alkyl or cyclic N) is 2. The van der Waals surface area contributed by atoms with Gasteiger partial charge in [-0.1, -0.05) is 13.8 Å². The lowest BCUT2D eigenvalue weighted by atomic mass is 9.97. The van der Waals surface area contributed by atoms with Crippen LogP contribution in [0.5, 0.6) is 0 Å². The van der Waals surface area contributed by atoms with Gasteiger partial charge in [-0.25, -0.2) is 8.78 Å². The van der Waals surface area contributed by atoms with Gasteiger partial charge < -0.3 is 51.2 Å². The van der Waals surface area contributed by atoms with Gasteiger partial charge in [0.25, 0.3) is 0 Å². The highest BCUT2D eigenvalue weighted by Crippen LogP contribution is 2.37. The highest BCUT2D eigenvalue weighted by molar-refractivity contribution is 5.95. The number of likely N-dealkylation sites (tertiary alicyclic amines) is 2. The number of carbonyl (C=O) groups excluding carboxylic acids is 4. The van der Waals surface area contributed by atoms with Crippen molar-refractivity contribution >= 4 is 45.4 Å². The zero-order valence-corrected chi connectivity index (χ0v) is 33.9. The Kier molecular flexibility index (Phi) is 13.2. The molecule has 2 aliphatic rings. The summed E-state index contributed by atoms with van der Waals surface area (Å²) in [4.78, 5) is 63.0. The molecule has 2 aromatic carbocycles. The summed E-state index contributed by atoms with van der Waals surface area (Å²) >= 11 is 0. The van der Waals surface area contributed by atoms with E-state index in [9.17, 15) is 33.8 Å². The number of fused-ring (bicyclic) bond motifs is 2. The van der Waals surface area contributed by atoms with Crippen LogP contribution in [0, 0.1) is 11.6 Å². The topological polar surface area (TPSA) is 195 Å². The van der Waals surface area contributed by atoms with E-state index in [1.165, 1.54) is 24.3 Å². The van der Waals surface area contributed by atoms with Crippen LogP contribution in [-0.2, 0) is 32.0 Å². The van der Waals surface area contributed by atoms with Gasteiger partial charge in [-0.3, -0.25) is 19.2 Å². The molecule has 2 aromatic heterocycles. The molecule has 8 N–H and O–H groups in total. The van der Waals surface area contributed by atoms with Gasteiger partial charge in [0.15, 0.2) is 0 Å². The maximum Gasteiger partial charge on any atom is 0.245 e. The second-order valence-electron chi connectivity index (χ2n) is 15.8. The van der Waals surface area contributed by atoms with Crippen LogP contribution in [0.3, 0.4) is 0 Å². The third kappa shape index (κ3) is 8.89. The van der Waals surface area contributed by atoms with E-state index >= 15 is 4.39 Å². The number of hydrogen-bond acceptors (Lipinski definition) is 8. The van der Waals surface area contributed by atoms with E-state index in [2.05, 4.69) is 31.2 Å². The van der Waals surface area contributed by atoms with Crippen LogP contribution in [0.15, 0.2) is 36.4 Å². The van der Waals surface area contributed by atoms with Crippen molar-refractivity contribution < 1.29 is 38.2 Å². The van der Waals surface area contributed by atoms with E-state index in [-0.39, 0.29) is 62.4 Å². The van der Waals surface area contributed by atoms with Crippen molar-refractivity contribution in [3.8, 4) is 11.4 Å². The fourth-order valence-corrected chi connectivity index (χ4v) is 8.38. The summed E-state index contributed by atoms with van der Waals surface area (Å²) in [6.07, 6.45) is 0.202. The molecule has 8 atom stereocenters. The van der Waals surface area contributed by atoms with Crippen LogP contribution in [0.4, 0.5) is 8.78 Å². The Morgan fingerprint density at radius 2 is 1.26 bits per heavy atom. The Labute approximate surface area is 336 Å². The number of likely N-dealkylation sites (N-methyl/N-ethyl adjacent to an activating group) is 2. The van der Waals surface area contributed by atoms with Crippen molar-refractivity contribution in [2.75, 3.05) is 27.2 Å². The van der Waals surface area contributed by atoms with Gasteiger partial charge in [-0.15, -0.1) is 0 Å². The summed E-state index contributed by atoms with van der Waals surface area (Å²) in [7, 11) is 3.31. The Balaban J connectivity index is 1.32. The van der Waals surface area contributed by atoms with Crippen molar-refractivity contribution in [2.24, 2.45) is 0 Å². The van der Waals surface area contributed by atoms with E-state index in [0.29, 0.717) is 51.6 Å². The number of amides is 4. The first-order valence-corrected chi connectivity index (χ1v) is 20.2. The van der Waals surface area contributed by atoms with Gasteiger partial charge >= 0.3 is 0 Å². The molecule has 0 spiro atoms. The molecule has 0 aliphatic carbocycles. The highest BCUT2D eigenvalue weighted by atomic mass is 19.1. The number of hydrogen-bond donors (Lipinski definition) is 8. The average Bonchev–Trinajstić information content (AvgIpc) is 3.98. The molecule has 14 nitrogen and oxygen atoms in total. The molecule has 2 fully saturated rings. The Hall–Kier alpha value is -4.90. The largest absolute Gasteiger partial charge is 0.391 e. The van der Waals surface area contributed by atoms with E-state index in [1.54, 1.807) is 50.7 Å². The van der Waals surface area contributed by atoms with Crippen molar-refractivity contribution in [3.63, 3.8) is 0 Å². The van der Waals surface area contributed by atoms with Gasteiger partial charge in [0.2, 0.25) is 23.6 Å². The lowest BCUT2D eigenvalue weighted by Crippen LogP contribution is -2.53. The summed E-state index contributed by atoms with van der Waals surface area (Å²) in [6, 6.07) is 5.56. The smallest absolute Gasteiger partial charge is 0.245 e. The lowest BCUT2D eigenvalue weighted by molar-refractivity contribution is -0.138. The first-order valence-electron chi connectivity index (χ1n) is 20.2. The molecule has 0 bridgehead atoms. The zero-order chi connectivity index (χ0) is 42.0. The highest BCUT2D eigenvalue weighted by Gasteiger charge is 2.40. The van der Waals surface area contributed by atoms with Crippen LogP contribution < -0.4 is 21.3 Å². The van der Waals surface area contributed by atoms with Crippen LogP contribution >= 0.6 is 0 Å². The Morgan fingerprint density at radius 3 is 1.79 bits per heavy atom. The molecule has 0 radical (unpaired) electrons. The van der Waals surface area contributed by atoms with E-state index in [0.717, 1.165) is 5.56 Å². The average molecular weight is 807 g/mol. The molecule has 4 heterocycles. The van der Waals surface area contributed by atoms with Crippen molar-refractivity contribution in [2.45, 2.75) is 115 Å². The molecule has 8 unspecified atom stereocenters. The molecule has 314 valence electrons. The number of aliphatic hydroxyl groups excluding tert-OH is 2. The fourth-order valence-electron chi connectivity index (χ4n) is 8.38. The van der Waals surface area contributed by atoms with Gasteiger partial charge in [-0.2, -0.15) is 0 Å². The van der Waals surface area contributed by atoms with Gasteiger partial charge in [0, 0.05) is 47.0 Å². The van der Waals surface area contributed by atoms with E-state index < -0.39 is 60.1 Å². The number of carbonyl (C=O) groups is 4. The second-order valence-corrected chi connectivity index (χ2v) is 15.8. The van der Waals surface area contributed by atoms with Crippen LogP contribution in [-0.4, -0.2) is 129 Å². The molecule has 4 amide bonds. The number of aromatic amines is 2. The third-order valence-electron chi connectivity index (χ3n) is 11.9. The van der Waals surface area contributed by atoms with Crippen molar-refractivity contribution in [3.05, 3.63) is 59.2 Å². The van der Waals surface area contributed by atoms with Crippen molar-refractivity contribution in [1.82, 2.24) is 41.0 Å². The van der Waals surface area contributed by atoms with Gasteiger partial charge in [-0.05, 0) is 114 Å². The number of aliphatic hydroxyl groups is 2. The van der Waals surface area contributed by atoms with Crippen LogP contribution in [0.1, 0.15) is 64.5 Å². The van der Waals surface area contributed by atoms with Crippen LogP contribution in [0.25, 0.3) is 33.2 Å². The van der Waals surface area contributed by atoms with E-state index in [1.807, 2.05) is 13.0 Å². The van der Waals surface area contributed by atoms with Gasteiger partial charge in [0.05, 0.1) is 35.7 Å². The number of benzene rings is 2. The minimum Gasteiger partial charge on any atom is -0.391 e. The third-order valence-corrected chi connectivity index (χ3v) is 11.9. The number of nitrogens with one attached hydrogen (secondary N) is 6. The number of aromatic nitrogens is 2. The summed E-state index contributed by atoms with van der Waals surface area (Å²) in [6.45, 7) is 7.18. The second kappa shape index (κ2) is 17.9. The molecule has 2 aliphatic heterocycles. The van der Waals surface area contributed by atoms with Crippen LogP contribution in [0.2, 0.25) is 0 Å². The molecule has 0 saturated carbocycles. The molecule has 58 heavy (non-hydrogen) atoms. The molecular formula is C42H56F2N8O6. The molecule has 6 rings (SSSR count). The normalized spacial score (nSPS) is 21.7. The minimum absolute atomic E-state index is 0.0824. The minimum atomic E-state index is -0.798. The summed E-state index contributed by atoms with van der Waals surface area (Å²) in [5.74, 6) is -2.20. The zero-order valence-electron chi connectivity index (χ0n) is 33.9. The first kappa shape index (κ1) is 42.7. The standard InChI is InChI=1S/C42H56F2N8O6/c1-7-33(49-39(55)21(3)45-5)41(57)51-19-28(53)15-26(51)12-23-11-25(44)14-36-31(23)18-37(47-36)38-32(30-10-9-24(43)13-35(30)48-38)17-27-16-29(54)20-52(27)42(58)34(8-2)50-40(56)22(4)46-6/h9-11,13-14,18,21-22,26-29,33-34,45-48,53-54H,7-8,12,15-17,19-20H2,1-6H3,(H,49,55)(H,50,56). The SMILES string of the molecule is CCC(NC(=O)C(C)NC)C(=O)N1CC(O)CC1Cc1cc(F)cc2[nH]c(-c3[nH]c4cc(F)ccc4c3CC3CC(O)CN3C(=O)C(CC)NC(=O)C(C)NC)cc12. The number of nitrogens with zero attached hydrogens (tertiary/aromatic N) is 2. The summed E-state index contributed by atoms with van der Waals surface area (Å²) < 4.78 is 30.0. The summed E-state index contributed by atoms with van der Waals surface area (Å²) in [5, 5.41) is 34.4. The molecular weight excluding hydrogens is 751 g/mol. The monoisotopic (exact) mass is 806 g/mol. The van der Waals surface area contributed by atoms with E-state index in [4.69, 9.17) is 0 Å². The van der Waals surface area contributed by atoms with Crippen molar-refractivity contribution in [1.29, 1.82) is 0 Å². The summed E-state index contributed by atoms with van der Waals surface area (Å²) in [5.41, 5.74) is 3.55. The number of halogens is 2. The quantitative estimate of drug-likeness (QED) is 0.0899. The first-order chi connectivity index (χ1) is 27.6. The maximum absolute atomic E-state index is 15.4.